The molecular weight excluding hydrogens is 1420 g/mol. The molecule has 7 heterocycles. The molecule has 2 saturated carbocycles. The maximum atomic E-state index is 15.8. The summed E-state index contributed by atoms with van der Waals surface area (Å²) in [6.07, 6.45) is 4.06. The molecule has 25 nitrogen and oxygen atoms in total. The number of fused-ring (bicyclic) bond motifs is 22. The highest BCUT2D eigenvalue weighted by atomic mass is 19.4. The first-order chi connectivity index (χ1) is 51.8. The highest BCUT2D eigenvalue weighted by Crippen LogP contribution is 2.39. The topological polar surface area (TPSA) is 279 Å². The van der Waals surface area contributed by atoms with Gasteiger partial charge in [-0.1, -0.05) is 95.5 Å². The van der Waals surface area contributed by atoms with Crippen LogP contribution in [-0.4, -0.2) is 262 Å². The minimum absolute atomic E-state index is 0.0187. The zero-order valence-corrected chi connectivity index (χ0v) is 64.5. The van der Waals surface area contributed by atoms with Gasteiger partial charge in [-0.05, 0) is 137 Å². The second kappa shape index (κ2) is 36.8. The standard InChI is InChI=1S/C79H109F5N12O13/c1-11-48(5)67-75(106)95(53-32-33-53)47-65(99)90(8)59-26-19-16-20-39-94(74(59)105)62-42-50-29-27-49(28-30-50)24-17-15-18-25-58(69(100)86-67)89(7)64(98)44-61(73(104)93-37-21-22-38-93)91(9)76(107)68(52(12-2)13-3)92(10)77(108)78(35-23-36-78)87-70(101)60-43-54(109-14-4)45-96(60)71(102)57(85-63(97)46-88(6)72(62)103)34-31-51-40-55(80)66(56(81)41-51)79(82,83)84/h16-17,19,24,27-30,40-41,48,52-54,57-62,67-68H,11-15,18,20-23,25-26,31-39,42-47H2,1-10H3,(H,85,97)(H,86,100)(H,87,101)/b19-16-,24-17+/t48-,54+,57-,58-,59-,60-,61-,62-,67-,68-/m0/s1. The largest absolute Gasteiger partial charge is 0.422 e. The van der Waals surface area contributed by atoms with Gasteiger partial charge in [0.2, 0.25) is 70.9 Å². The molecule has 2 aromatic rings. The summed E-state index contributed by atoms with van der Waals surface area (Å²) in [4.78, 5) is 196. The Morgan fingerprint density at radius 2 is 1.29 bits per heavy atom. The van der Waals surface area contributed by atoms with Crippen molar-refractivity contribution in [3.05, 3.63) is 88.5 Å². The van der Waals surface area contributed by atoms with Gasteiger partial charge in [0.05, 0.1) is 19.1 Å². The van der Waals surface area contributed by atoms with E-state index in [0.717, 1.165) is 9.80 Å². The Labute approximate surface area is 635 Å². The van der Waals surface area contributed by atoms with Crippen molar-refractivity contribution in [2.24, 2.45) is 11.8 Å². The van der Waals surface area contributed by atoms with Gasteiger partial charge in [0.1, 0.15) is 77.6 Å². The fraction of sp³-hybridized carbons (Fsp3) is 0.646. The van der Waals surface area contributed by atoms with Crippen LogP contribution in [0.4, 0.5) is 22.0 Å². The molecule has 10 atom stereocenters. The highest BCUT2D eigenvalue weighted by Gasteiger charge is 2.54. The molecule has 0 aromatic heterocycles. The lowest BCUT2D eigenvalue weighted by Gasteiger charge is -2.47. The number of benzene rings is 2. The quantitative estimate of drug-likeness (QED) is 0.122. The van der Waals surface area contributed by atoms with Crippen molar-refractivity contribution < 1.29 is 84.2 Å². The van der Waals surface area contributed by atoms with Crippen LogP contribution in [0.15, 0.2) is 54.6 Å². The van der Waals surface area contributed by atoms with Crippen molar-refractivity contribution >= 4 is 77.0 Å². The Bertz CT molecular complexity index is 3720. The Morgan fingerprint density at radius 1 is 0.633 bits per heavy atom. The van der Waals surface area contributed by atoms with Crippen LogP contribution in [0, 0.1) is 23.5 Å². The van der Waals surface area contributed by atoms with Crippen molar-refractivity contribution in [2.45, 2.75) is 235 Å². The molecule has 12 amide bonds. The van der Waals surface area contributed by atoms with Gasteiger partial charge in [-0.25, -0.2) is 8.78 Å². The monoisotopic (exact) mass is 1530 g/mol. The van der Waals surface area contributed by atoms with Crippen LogP contribution in [0.2, 0.25) is 0 Å². The molecule has 3 N–H and O–H groups in total. The first-order valence-electron chi connectivity index (χ1n) is 38.8. The molecule has 9 aliphatic rings. The van der Waals surface area contributed by atoms with Gasteiger partial charge in [0.25, 0.3) is 0 Å². The normalized spacial score (nSPS) is 27.3. The van der Waals surface area contributed by atoms with Crippen molar-refractivity contribution in [2.75, 3.05) is 81.1 Å². The number of hydrogen-bond acceptors (Lipinski definition) is 13. The molecule has 2 saturated heterocycles. The Morgan fingerprint density at radius 3 is 1.90 bits per heavy atom. The fourth-order valence-electron chi connectivity index (χ4n) is 16.1. The number of alkyl halides is 3. The lowest BCUT2D eigenvalue weighted by molar-refractivity contribution is -0.158. The highest BCUT2D eigenvalue weighted by molar-refractivity contribution is 6.01. The summed E-state index contributed by atoms with van der Waals surface area (Å²) >= 11 is 0. The number of aryl methyl sites for hydroxylation is 1. The van der Waals surface area contributed by atoms with Crippen LogP contribution in [0.1, 0.15) is 172 Å². The van der Waals surface area contributed by atoms with E-state index in [1.54, 1.807) is 49.1 Å². The molecule has 598 valence electrons. The lowest BCUT2D eigenvalue weighted by Crippen LogP contribution is -2.68. The first-order valence-corrected chi connectivity index (χ1v) is 38.8. The molecule has 2 aromatic carbocycles. The van der Waals surface area contributed by atoms with E-state index in [4.69, 9.17) is 4.74 Å². The van der Waals surface area contributed by atoms with E-state index in [2.05, 4.69) is 16.0 Å². The van der Waals surface area contributed by atoms with Gasteiger partial charge in [-0.15, -0.1) is 0 Å². The van der Waals surface area contributed by atoms with Crippen molar-refractivity contribution in [3.8, 4) is 0 Å². The van der Waals surface area contributed by atoms with Crippen molar-refractivity contribution in [3.63, 3.8) is 0 Å². The first kappa shape index (κ1) is 84.2. The number of nitrogens with zero attached hydrogens (tertiary/aromatic N) is 9. The Balaban J connectivity index is 1.18. The zero-order chi connectivity index (χ0) is 79.5. The van der Waals surface area contributed by atoms with Gasteiger partial charge >= 0.3 is 6.18 Å². The number of nitrogens with one attached hydrogen (secondary N) is 3. The third-order valence-electron chi connectivity index (χ3n) is 23.3. The van der Waals surface area contributed by atoms with Gasteiger partial charge < -0.3 is 64.8 Å². The summed E-state index contributed by atoms with van der Waals surface area (Å²) in [7, 11) is 7.00. The Kier molecular flexibility index (Phi) is 28.4. The summed E-state index contributed by atoms with van der Waals surface area (Å²) in [5, 5.41) is 8.62. The third-order valence-corrected chi connectivity index (χ3v) is 23.3. The second-order valence-electron chi connectivity index (χ2n) is 30.6. The van der Waals surface area contributed by atoms with Crippen LogP contribution in [0.3, 0.4) is 0 Å². The van der Waals surface area contributed by atoms with Crippen LogP contribution in [0.5, 0.6) is 0 Å². The molecule has 0 unspecified atom stereocenters. The summed E-state index contributed by atoms with van der Waals surface area (Å²) in [5.74, 6) is -13.6. The number of carbonyl (C=O) groups is 12. The number of likely N-dealkylation sites (N-methyl/N-ethyl adjacent to an activating group) is 5. The molecule has 6 bridgehead atoms. The maximum absolute atomic E-state index is 15.8. The van der Waals surface area contributed by atoms with Crippen molar-refractivity contribution in [1.82, 2.24) is 60.0 Å². The number of hydrogen-bond donors (Lipinski definition) is 3. The molecule has 1 spiro atoms. The molecule has 30 heteroatoms. The number of rotatable bonds is 12. The van der Waals surface area contributed by atoms with E-state index in [9.17, 15) is 18.0 Å². The van der Waals surface area contributed by atoms with Gasteiger partial charge in [0, 0.05) is 86.9 Å². The van der Waals surface area contributed by atoms with Crippen molar-refractivity contribution in [1.29, 1.82) is 0 Å². The predicted octanol–water partition coefficient (Wildman–Crippen LogP) is 6.18. The van der Waals surface area contributed by atoms with E-state index < -0.39 is 204 Å². The van der Waals surface area contributed by atoms with Gasteiger partial charge in [-0.2, -0.15) is 13.2 Å². The fourth-order valence-corrected chi connectivity index (χ4v) is 16.1. The summed E-state index contributed by atoms with van der Waals surface area (Å²) in [6, 6.07) is -3.45. The van der Waals surface area contributed by atoms with E-state index >= 15 is 61.5 Å². The van der Waals surface area contributed by atoms with Crippen LogP contribution >= 0.6 is 0 Å². The maximum Gasteiger partial charge on any atom is 0.422 e. The van der Waals surface area contributed by atoms with E-state index in [-0.39, 0.29) is 70.2 Å². The Hall–Kier alpha value is -8.83. The molecule has 4 fully saturated rings. The van der Waals surface area contributed by atoms with Crippen LogP contribution in [-0.2, 0) is 81.3 Å². The summed E-state index contributed by atoms with van der Waals surface area (Å²) in [6.45, 7) is 8.10. The molecule has 11 rings (SSSR count). The zero-order valence-electron chi connectivity index (χ0n) is 64.5. The molecule has 0 radical (unpaired) electrons. The number of likely N-dealkylation sites (tertiary alicyclic amines) is 1. The summed E-state index contributed by atoms with van der Waals surface area (Å²) in [5.41, 5.74) is -2.88. The minimum Gasteiger partial charge on any atom is -0.377 e. The third kappa shape index (κ3) is 19.7. The number of halogens is 5. The minimum atomic E-state index is -5.42. The number of allylic oxidation sites excluding steroid dienone is 1. The smallest absolute Gasteiger partial charge is 0.377 e. The summed E-state index contributed by atoms with van der Waals surface area (Å²) < 4.78 is 78.3. The molecule has 7 aliphatic heterocycles. The molecular formula is C79H109F5N12O13. The average molecular weight is 1530 g/mol. The van der Waals surface area contributed by atoms with E-state index in [1.165, 1.54) is 64.6 Å². The number of carbonyl (C=O) groups excluding carboxylic acids is 12. The molecule has 2 aliphatic carbocycles. The van der Waals surface area contributed by atoms with Gasteiger partial charge in [-0.3, -0.25) is 57.5 Å². The average Bonchev–Trinajstić information content (AvgIpc) is 1.44. The van der Waals surface area contributed by atoms with E-state index in [0.29, 0.717) is 101 Å². The van der Waals surface area contributed by atoms with Gasteiger partial charge in [0.15, 0.2) is 0 Å². The molecule has 109 heavy (non-hydrogen) atoms. The van der Waals surface area contributed by atoms with E-state index in [1.807, 2.05) is 39.0 Å². The predicted molar refractivity (Wildman–Crippen MR) is 393 cm³/mol. The lowest BCUT2D eigenvalue weighted by atomic mass is 9.74. The second-order valence-corrected chi connectivity index (χ2v) is 30.6. The van der Waals surface area contributed by atoms with Crippen LogP contribution < -0.4 is 16.0 Å². The van der Waals surface area contributed by atoms with Crippen LogP contribution in [0.25, 0.3) is 6.08 Å². The SMILES string of the molecule is CCO[C@@H]1C[C@H]2C(=O)NC3(CCC3)C(=O)N(C)[C@@H](C(CC)CC)C(=O)N(C)[C@H](C(=O)N3CCCC3)CC(=O)N(C)[C@H]3CCC/C=C/c4ccc(cc4)C[C@@H](C(=O)N(C)CC(=O)N[C@@H](CCc4cc(F)c(C(F)(F)F)c(F)c4)C(=O)N2C1)N1CC/C=C\C[C@@H](C1=O)N(C)C(=O)CN(C1CC1)C(=O)[C@H]([C@@H](C)CC)NC3=O. The number of ether oxygens (including phenoxy) is 1. The number of amides is 12.